The monoisotopic (exact) mass is 368 g/mol. The molecule has 3 aromatic rings. The number of anilines is 3. The molecule has 1 amide bonds. The van der Waals surface area contributed by atoms with Crippen molar-refractivity contribution in [3.05, 3.63) is 76.8 Å². The van der Waals surface area contributed by atoms with Crippen LogP contribution in [-0.4, -0.2) is 16.1 Å². The summed E-state index contributed by atoms with van der Waals surface area (Å²) in [6, 6.07) is 20.2. The van der Waals surface area contributed by atoms with Crippen LogP contribution >= 0.6 is 15.9 Å². The van der Waals surface area contributed by atoms with Gasteiger partial charge in [0.2, 0.25) is 0 Å². The summed E-state index contributed by atoms with van der Waals surface area (Å²) in [5, 5.41) is 13.9. The Balaban J connectivity index is 1.65. The Kier molecular flexibility index (Phi) is 4.63. The van der Waals surface area contributed by atoms with Crippen molar-refractivity contribution in [2.45, 2.75) is 0 Å². The summed E-state index contributed by atoms with van der Waals surface area (Å²) in [5.41, 5.74) is 1.48. The maximum Gasteiger partial charge on any atom is 0.256 e. The van der Waals surface area contributed by atoms with Crippen molar-refractivity contribution in [2.24, 2.45) is 0 Å². The largest absolute Gasteiger partial charge is 0.339 e. The first-order valence-corrected chi connectivity index (χ1v) is 7.73. The molecule has 0 radical (unpaired) electrons. The fourth-order valence-corrected chi connectivity index (χ4v) is 2.19. The van der Waals surface area contributed by atoms with E-state index in [0.29, 0.717) is 17.2 Å². The predicted octanol–water partition coefficient (Wildman–Crippen LogP) is 4.24. The highest BCUT2D eigenvalue weighted by Gasteiger charge is 2.07. The van der Waals surface area contributed by atoms with Gasteiger partial charge in [0.05, 0.1) is 0 Å². The van der Waals surface area contributed by atoms with E-state index in [9.17, 15) is 4.79 Å². The number of hydrogen-bond donors (Lipinski definition) is 2. The smallest absolute Gasteiger partial charge is 0.256 e. The van der Waals surface area contributed by atoms with Crippen molar-refractivity contribution in [3.8, 4) is 0 Å². The fourth-order valence-electron chi connectivity index (χ4n) is 1.92. The standard InChI is InChI=1S/C17H13BrN4O/c18-13-8-6-12(7-9-13)17(23)20-16-11-10-15(21-22-16)19-14-4-2-1-3-5-14/h1-11H,(H,19,21)(H,20,22,23). The molecule has 0 saturated carbocycles. The first-order chi connectivity index (χ1) is 11.2. The Labute approximate surface area is 141 Å². The van der Waals surface area contributed by atoms with Gasteiger partial charge in [0, 0.05) is 15.7 Å². The molecule has 2 N–H and O–H groups in total. The van der Waals surface area contributed by atoms with E-state index in [0.717, 1.165) is 10.2 Å². The minimum absolute atomic E-state index is 0.226. The molecule has 6 heteroatoms. The molecule has 0 bridgehead atoms. The zero-order chi connectivity index (χ0) is 16.1. The highest BCUT2D eigenvalue weighted by molar-refractivity contribution is 9.10. The van der Waals surface area contributed by atoms with Crippen molar-refractivity contribution >= 4 is 39.2 Å². The number of hydrogen-bond acceptors (Lipinski definition) is 4. The highest BCUT2D eigenvalue weighted by Crippen LogP contribution is 2.15. The summed E-state index contributed by atoms with van der Waals surface area (Å²) in [6.07, 6.45) is 0. The first kappa shape index (κ1) is 15.2. The van der Waals surface area contributed by atoms with Crippen molar-refractivity contribution in [1.82, 2.24) is 10.2 Å². The average Bonchev–Trinajstić information content (AvgIpc) is 2.58. The molecule has 3 rings (SSSR count). The van der Waals surface area contributed by atoms with Crippen molar-refractivity contribution in [1.29, 1.82) is 0 Å². The van der Waals surface area contributed by atoms with Gasteiger partial charge in [-0.1, -0.05) is 34.1 Å². The second-order valence-electron chi connectivity index (χ2n) is 4.76. The van der Waals surface area contributed by atoms with Crippen LogP contribution in [0.1, 0.15) is 10.4 Å². The Morgan fingerprint density at radius 1 is 0.826 bits per heavy atom. The number of rotatable bonds is 4. The fraction of sp³-hybridized carbons (Fsp3) is 0. The number of halogens is 1. The normalized spacial score (nSPS) is 10.1. The number of nitrogens with one attached hydrogen (secondary N) is 2. The lowest BCUT2D eigenvalue weighted by molar-refractivity contribution is 0.102. The summed E-state index contributed by atoms with van der Waals surface area (Å²) >= 11 is 3.34. The van der Waals surface area contributed by atoms with Gasteiger partial charge in [0.1, 0.15) is 0 Å². The highest BCUT2D eigenvalue weighted by atomic mass is 79.9. The van der Waals surface area contributed by atoms with Crippen LogP contribution in [0.15, 0.2) is 71.2 Å². The lowest BCUT2D eigenvalue weighted by Gasteiger charge is -2.06. The number of aromatic nitrogens is 2. The minimum atomic E-state index is -0.226. The first-order valence-electron chi connectivity index (χ1n) is 6.93. The van der Waals surface area contributed by atoms with E-state index in [2.05, 4.69) is 36.8 Å². The number of benzene rings is 2. The van der Waals surface area contributed by atoms with E-state index in [1.165, 1.54) is 0 Å². The molecule has 0 aliphatic rings. The maximum absolute atomic E-state index is 12.1. The van der Waals surface area contributed by atoms with Gasteiger partial charge < -0.3 is 10.6 Å². The zero-order valence-electron chi connectivity index (χ0n) is 12.0. The molecule has 1 aromatic heterocycles. The summed E-state index contributed by atoms with van der Waals surface area (Å²) in [6.45, 7) is 0. The molecule has 5 nitrogen and oxygen atoms in total. The van der Waals surface area contributed by atoms with Gasteiger partial charge in [-0.05, 0) is 48.5 Å². The molecule has 0 unspecified atom stereocenters. The van der Waals surface area contributed by atoms with E-state index in [1.807, 2.05) is 42.5 Å². The summed E-state index contributed by atoms with van der Waals surface area (Å²) in [7, 11) is 0. The van der Waals surface area contributed by atoms with Crippen LogP contribution in [0, 0.1) is 0 Å². The third-order valence-corrected chi connectivity index (χ3v) is 3.59. The van der Waals surface area contributed by atoms with Crippen molar-refractivity contribution in [3.63, 3.8) is 0 Å². The third kappa shape index (κ3) is 4.14. The molecule has 0 fully saturated rings. The summed E-state index contributed by atoms with van der Waals surface area (Å²) < 4.78 is 0.921. The van der Waals surface area contributed by atoms with Crippen molar-refractivity contribution < 1.29 is 4.79 Å². The molecule has 0 atom stereocenters. The van der Waals surface area contributed by atoms with Crippen LogP contribution in [0.2, 0.25) is 0 Å². The number of amides is 1. The third-order valence-electron chi connectivity index (χ3n) is 3.06. The summed E-state index contributed by atoms with van der Waals surface area (Å²) in [4.78, 5) is 12.1. The van der Waals surface area contributed by atoms with E-state index in [-0.39, 0.29) is 5.91 Å². The molecule has 23 heavy (non-hydrogen) atoms. The molecular formula is C17H13BrN4O. The topological polar surface area (TPSA) is 66.9 Å². The second-order valence-corrected chi connectivity index (χ2v) is 5.67. The second kappa shape index (κ2) is 7.02. The number of carbonyl (C=O) groups is 1. The lowest BCUT2D eigenvalue weighted by Crippen LogP contribution is -2.13. The Morgan fingerprint density at radius 2 is 1.48 bits per heavy atom. The Morgan fingerprint density at radius 3 is 2.13 bits per heavy atom. The van der Waals surface area contributed by atoms with Gasteiger partial charge in [-0.3, -0.25) is 4.79 Å². The van der Waals surface area contributed by atoms with E-state index in [1.54, 1.807) is 24.3 Å². The van der Waals surface area contributed by atoms with Crippen molar-refractivity contribution in [2.75, 3.05) is 10.6 Å². The van der Waals surface area contributed by atoms with E-state index < -0.39 is 0 Å². The molecule has 0 saturated heterocycles. The van der Waals surface area contributed by atoms with Crippen LogP contribution in [0.4, 0.5) is 17.3 Å². The predicted molar refractivity (Wildman–Crippen MR) is 93.9 cm³/mol. The molecule has 1 heterocycles. The molecular weight excluding hydrogens is 356 g/mol. The van der Waals surface area contributed by atoms with Crippen LogP contribution in [-0.2, 0) is 0 Å². The summed E-state index contributed by atoms with van der Waals surface area (Å²) in [5.74, 6) is 0.782. The van der Waals surface area contributed by atoms with Crippen LogP contribution < -0.4 is 10.6 Å². The number of carbonyl (C=O) groups excluding carboxylic acids is 1. The SMILES string of the molecule is O=C(Nc1ccc(Nc2ccccc2)nn1)c1ccc(Br)cc1. The molecule has 2 aromatic carbocycles. The molecule has 0 aliphatic carbocycles. The number of para-hydroxylation sites is 1. The lowest BCUT2D eigenvalue weighted by atomic mass is 10.2. The van der Waals surface area contributed by atoms with E-state index in [4.69, 9.17) is 0 Å². The quantitative estimate of drug-likeness (QED) is 0.722. The molecule has 0 aliphatic heterocycles. The van der Waals surface area contributed by atoms with Gasteiger partial charge in [0.25, 0.3) is 5.91 Å². The average molecular weight is 369 g/mol. The van der Waals surface area contributed by atoms with Gasteiger partial charge in [-0.15, -0.1) is 10.2 Å². The Hall–Kier alpha value is -2.73. The van der Waals surface area contributed by atoms with Crippen LogP contribution in [0.3, 0.4) is 0 Å². The van der Waals surface area contributed by atoms with E-state index >= 15 is 0 Å². The maximum atomic E-state index is 12.1. The zero-order valence-corrected chi connectivity index (χ0v) is 13.6. The Bertz CT molecular complexity index is 789. The minimum Gasteiger partial charge on any atom is -0.339 e. The number of nitrogens with zero attached hydrogens (tertiary/aromatic N) is 2. The van der Waals surface area contributed by atoms with Gasteiger partial charge in [-0.2, -0.15) is 0 Å². The van der Waals surface area contributed by atoms with Gasteiger partial charge in [0.15, 0.2) is 11.6 Å². The van der Waals surface area contributed by atoms with Gasteiger partial charge in [-0.25, -0.2) is 0 Å². The van der Waals surface area contributed by atoms with Crippen LogP contribution in [0.5, 0.6) is 0 Å². The molecule has 0 spiro atoms. The molecule has 114 valence electrons. The van der Waals surface area contributed by atoms with Gasteiger partial charge >= 0.3 is 0 Å². The van der Waals surface area contributed by atoms with Crippen LogP contribution in [0.25, 0.3) is 0 Å².